The third-order valence-electron chi connectivity index (χ3n) is 24.1. The van der Waals surface area contributed by atoms with E-state index in [2.05, 4.69) is 170 Å². The van der Waals surface area contributed by atoms with Crippen LogP contribution >= 0.6 is 0 Å². The third-order valence-corrected chi connectivity index (χ3v) is 52.8. The highest BCUT2D eigenvalue weighted by molar-refractivity contribution is 7.91. The summed E-state index contributed by atoms with van der Waals surface area (Å²) in [6, 6.07) is -1.89. The first-order chi connectivity index (χ1) is 46.8. The number of hydrogen-bond acceptors (Lipinski definition) is 16. The van der Waals surface area contributed by atoms with E-state index in [4.69, 9.17) is 31.3 Å². The van der Waals surface area contributed by atoms with Crippen molar-refractivity contribution in [3.63, 3.8) is 0 Å². The van der Waals surface area contributed by atoms with E-state index in [1.165, 1.54) is 9.80 Å². The fraction of sp³-hybridized carbons (Fsp3) is 0.827. The summed E-state index contributed by atoms with van der Waals surface area (Å²) in [6.45, 7) is 71.4. The number of carbonyl (C=O) groups excluding carboxylic acids is 7. The monoisotopic (exact) mass is 1600 g/mol. The number of nitrogens with one attached hydrogen (secondary N) is 5. The maximum absolute atomic E-state index is 16.8. The summed E-state index contributed by atoms with van der Waals surface area (Å²) in [5.41, 5.74) is -0.372. The lowest BCUT2D eigenvalue weighted by molar-refractivity contribution is -0.146. The lowest BCUT2D eigenvalue weighted by Crippen LogP contribution is -2.66. The van der Waals surface area contributed by atoms with Gasteiger partial charge in [-0.1, -0.05) is 144 Å². The van der Waals surface area contributed by atoms with Crippen LogP contribution in [-0.2, 0) is 71.9 Å². The molecule has 3 fully saturated rings. The first-order valence-corrected chi connectivity index (χ1v) is 57.2. The zero-order chi connectivity index (χ0) is 81.5. The molecule has 3 aliphatic rings. The molecule has 3 aliphatic heterocycles. The van der Waals surface area contributed by atoms with Gasteiger partial charge in [0.25, 0.3) is 0 Å². The number of benzene rings is 1. The Bertz CT molecular complexity index is 3340. The van der Waals surface area contributed by atoms with Gasteiger partial charge in [-0.25, -0.2) is 13.2 Å². The number of ether oxygens (including phenoxy) is 1. The minimum Gasteiger partial charge on any atom is -0.544 e. The standard InChI is InChI=1S/C75H143N7O16SSi6/c1-48-45-82-60(61(48)98-105(35,36)75(22,23)24)65(86)76-41-42-99(90,91)47-54(77-68(89)92-69(4,5)6)62(83)78-57(49(2)93-100(25,26)70(7,8)9)66(87)81-46-53(96-103(31,32)73(16,17)18)44-55(81)63(84)80-59(64(85)79-58(67(82)88)50(3)94-101(27,28)71(10,11)12)56(97-104(33,34)74(19,20)21)43-51-37-39-52(40-38-51)95-102(29,30)72(13,14)15/h37-40,48-50,53-61H,41-47H2,1-36H3,(H,76,86)(H,77,89)(H,78,83)(H,79,85)(H,80,84)/t48-,49+,50+,53+,54?,55-,56-,57-,58-,59-,60-,61+/m0/s1. The molecule has 7 amide bonds. The lowest BCUT2D eigenvalue weighted by Gasteiger charge is -2.43. The summed E-state index contributed by atoms with van der Waals surface area (Å²) in [5, 5.41) is 12.4. The van der Waals surface area contributed by atoms with Gasteiger partial charge in [0.2, 0.25) is 43.8 Å². The Balaban J connectivity index is 2.27. The van der Waals surface area contributed by atoms with Gasteiger partial charge in [0.1, 0.15) is 47.6 Å². The van der Waals surface area contributed by atoms with Crippen molar-refractivity contribution < 1.29 is 73.3 Å². The fourth-order valence-electron chi connectivity index (χ4n) is 11.4. The van der Waals surface area contributed by atoms with Crippen molar-refractivity contribution in [2.24, 2.45) is 5.92 Å². The van der Waals surface area contributed by atoms with Crippen molar-refractivity contribution in [3.05, 3.63) is 29.8 Å². The number of rotatable bonds is 18. The number of sulfone groups is 1. The second-order valence-electron chi connectivity index (χ2n) is 40.4. The molecular weight excluding hydrogens is 1460 g/mol. The van der Waals surface area contributed by atoms with Gasteiger partial charge in [0.15, 0.2) is 51.4 Å². The number of fused-ring (bicyclic) bond motifs is 2. The van der Waals surface area contributed by atoms with Crippen LogP contribution in [0.3, 0.4) is 0 Å². The summed E-state index contributed by atoms with van der Waals surface area (Å²) in [5.74, 6) is -6.49. The van der Waals surface area contributed by atoms with E-state index in [1.54, 1.807) is 34.6 Å². The third kappa shape index (κ3) is 24.3. The van der Waals surface area contributed by atoms with E-state index >= 15 is 28.8 Å². The van der Waals surface area contributed by atoms with Gasteiger partial charge >= 0.3 is 6.09 Å². The van der Waals surface area contributed by atoms with Crippen molar-refractivity contribution in [3.8, 4) is 5.75 Å². The van der Waals surface area contributed by atoms with Gasteiger partial charge in [-0.15, -0.1) is 0 Å². The van der Waals surface area contributed by atoms with E-state index in [9.17, 15) is 13.2 Å². The van der Waals surface area contributed by atoms with Gasteiger partial charge in [-0.2, -0.15) is 0 Å². The molecule has 23 nitrogen and oxygen atoms in total. The van der Waals surface area contributed by atoms with Gasteiger partial charge in [0.05, 0.1) is 42.0 Å². The smallest absolute Gasteiger partial charge is 0.408 e. The number of hydrogen-bond donors (Lipinski definition) is 5. The summed E-state index contributed by atoms with van der Waals surface area (Å²) in [4.78, 5) is 114. The lowest BCUT2D eigenvalue weighted by atomic mass is 9.99. The number of amides is 7. The summed E-state index contributed by atoms with van der Waals surface area (Å²) in [7, 11) is -21.1. The molecule has 1 aromatic carbocycles. The number of nitrogens with zero attached hydrogens (tertiary/aromatic N) is 2. The normalized spacial score (nSPS) is 25.3. The topological polar surface area (TPSA) is 285 Å². The van der Waals surface area contributed by atoms with E-state index in [-0.39, 0.29) is 41.0 Å². The van der Waals surface area contributed by atoms with Gasteiger partial charge < -0.3 is 67.7 Å². The molecule has 3 saturated heterocycles. The molecular formula is C75H143N7O16SSi6. The molecule has 5 N–H and O–H groups in total. The van der Waals surface area contributed by atoms with Gasteiger partial charge in [0, 0.05) is 32.0 Å². The predicted molar refractivity (Wildman–Crippen MR) is 435 cm³/mol. The highest BCUT2D eigenvalue weighted by Gasteiger charge is 2.56. The SMILES string of the molecule is C[C@H]1CN2C(=O)[C@H]([C@@H](C)O[Si](C)(C)C(C)(C)C)NC(=O)[C@H]([C@H](Cc3ccc(O[Si](C)(C)C(C)(C)C)cc3)O[Si](C)(C)C(C)(C)C)NC(=O)[C@@H]3C[C@@H](O[Si](C)(C)C(C)(C)C)CN3C(=O)[C@H]([C@@H](C)O[Si](C)(C)C(C)(C)C)NC(=O)C(NC(=O)OC(C)(C)C)CS(=O)(=O)CCNC(=O)[C@@H]2[C@@H]1O[Si](C)(C)C(C)(C)C. The molecule has 12 atom stereocenters. The highest BCUT2D eigenvalue weighted by atomic mass is 32.2. The van der Waals surface area contributed by atoms with Crippen molar-refractivity contribution in [2.45, 2.75) is 360 Å². The Hall–Kier alpha value is -3.84. The van der Waals surface area contributed by atoms with E-state index in [0.717, 1.165) is 5.56 Å². The molecule has 0 spiro atoms. The molecule has 30 heteroatoms. The van der Waals surface area contributed by atoms with Crippen molar-refractivity contribution >= 4 is 101 Å². The molecule has 0 aliphatic carbocycles. The Morgan fingerprint density at radius 2 is 0.952 bits per heavy atom. The van der Waals surface area contributed by atoms with Crippen LogP contribution < -0.4 is 31.0 Å². The Morgan fingerprint density at radius 3 is 1.40 bits per heavy atom. The second kappa shape index (κ2) is 33.2. The van der Waals surface area contributed by atoms with E-state index in [0.29, 0.717) is 5.75 Å². The Labute approximate surface area is 639 Å². The Kier molecular flexibility index (Phi) is 29.6. The largest absolute Gasteiger partial charge is 0.544 e. The molecule has 604 valence electrons. The minimum atomic E-state index is -4.47. The van der Waals surface area contributed by atoms with Crippen LogP contribution in [0.1, 0.15) is 178 Å². The van der Waals surface area contributed by atoms with Crippen LogP contribution in [0.5, 0.6) is 5.75 Å². The van der Waals surface area contributed by atoms with E-state index in [1.807, 2.05) is 91.2 Å². The van der Waals surface area contributed by atoms with Crippen molar-refractivity contribution in [1.29, 1.82) is 0 Å². The average molecular weight is 1600 g/mol. The molecule has 1 aromatic rings. The molecule has 0 bridgehead atoms. The van der Waals surface area contributed by atoms with Crippen LogP contribution in [0, 0.1) is 5.92 Å². The van der Waals surface area contributed by atoms with Gasteiger partial charge in [-0.3, -0.25) is 28.8 Å². The molecule has 3 heterocycles. The van der Waals surface area contributed by atoms with Crippen LogP contribution in [0.2, 0.25) is 109 Å². The van der Waals surface area contributed by atoms with E-state index < -0.39 is 213 Å². The summed E-state index contributed by atoms with van der Waals surface area (Å²) >= 11 is 0. The molecule has 105 heavy (non-hydrogen) atoms. The predicted octanol–water partition coefficient (Wildman–Crippen LogP) is 12.9. The van der Waals surface area contributed by atoms with Gasteiger partial charge in [-0.05, 0) is 168 Å². The average Bonchev–Trinajstić information content (AvgIpc) is 1.65. The first kappa shape index (κ1) is 93.5. The van der Waals surface area contributed by atoms with Crippen LogP contribution in [0.15, 0.2) is 24.3 Å². The Morgan fingerprint density at radius 1 is 0.533 bits per heavy atom. The molecule has 0 saturated carbocycles. The number of alkyl carbamates (subject to hydrolysis) is 1. The minimum absolute atomic E-state index is 0.0303. The molecule has 0 radical (unpaired) electrons. The molecule has 4 rings (SSSR count). The molecule has 0 aromatic heterocycles. The summed E-state index contributed by atoms with van der Waals surface area (Å²) in [6.07, 6.45) is -6.26. The second-order valence-corrected chi connectivity index (χ2v) is 71.1. The van der Waals surface area contributed by atoms with Crippen molar-refractivity contribution in [1.82, 2.24) is 36.4 Å². The zero-order valence-corrected chi connectivity index (χ0v) is 78.3. The first-order valence-electron chi connectivity index (χ1n) is 38.0. The van der Waals surface area contributed by atoms with Crippen LogP contribution in [-0.4, -0.2) is 213 Å². The maximum atomic E-state index is 16.8. The maximum Gasteiger partial charge on any atom is 0.408 e. The fourth-order valence-corrected chi connectivity index (χ4v) is 20.6. The quantitative estimate of drug-likeness (QED) is 0.0854. The number of carbonyl (C=O) groups is 7. The van der Waals surface area contributed by atoms with Crippen LogP contribution in [0.4, 0.5) is 4.79 Å². The zero-order valence-electron chi connectivity index (χ0n) is 71.5. The van der Waals surface area contributed by atoms with Crippen LogP contribution in [0.25, 0.3) is 0 Å². The van der Waals surface area contributed by atoms with Crippen molar-refractivity contribution in [2.75, 3.05) is 31.1 Å². The molecule has 1 unspecified atom stereocenters. The summed E-state index contributed by atoms with van der Waals surface area (Å²) < 4.78 is 77.8. The highest BCUT2D eigenvalue weighted by Crippen LogP contribution is 2.45.